The molecule has 0 radical (unpaired) electrons. The van der Waals surface area contributed by atoms with Crippen molar-refractivity contribution in [3.63, 3.8) is 0 Å². The maximum absolute atomic E-state index is 12.3. The van der Waals surface area contributed by atoms with E-state index >= 15 is 0 Å². The highest BCUT2D eigenvalue weighted by atomic mass is 16.5. The minimum absolute atomic E-state index is 0.0502. The first-order valence-electron chi connectivity index (χ1n) is 9.42. The minimum atomic E-state index is -0.152. The number of rotatable bonds is 10. The van der Waals surface area contributed by atoms with Gasteiger partial charge in [-0.05, 0) is 61.2 Å². The Hall–Kier alpha value is -3.15. The summed E-state index contributed by atoms with van der Waals surface area (Å²) in [5.74, 6) is 2.29. The van der Waals surface area contributed by atoms with Crippen LogP contribution in [0, 0.1) is 0 Å². The van der Waals surface area contributed by atoms with Crippen LogP contribution >= 0.6 is 0 Å². The summed E-state index contributed by atoms with van der Waals surface area (Å²) in [5.41, 5.74) is 1.99. The zero-order valence-corrected chi connectivity index (χ0v) is 17.7. The van der Waals surface area contributed by atoms with Crippen molar-refractivity contribution >= 4 is 12.0 Å². The molecule has 156 valence electrons. The molecule has 0 bridgehead atoms. The fourth-order valence-corrected chi connectivity index (χ4v) is 2.91. The van der Waals surface area contributed by atoms with Gasteiger partial charge in [0.2, 0.25) is 11.7 Å². The van der Waals surface area contributed by atoms with Gasteiger partial charge in [0.25, 0.3) is 0 Å². The molecule has 0 fully saturated rings. The van der Waals surface area contributed by atoms with Crippen molar-refractivity contribution in [3.8, 4) is 23.0 Å². The van der Waals surface area contributed by atoms with Gasteiger partial charge in [0.15, 0.2) is 11.5 Å². The molecule has 0 aliphatic carbocycles. The van der Waals surface area contributed by atoms with Crippen LogP contribution in [0.4, 0.5) is 0 Å². The van der Waals surface area contributed by atoms with Gasteiger partial charge in [0, 0.05) is 12.1 Å². The standard InChI is InChI=1S/C23H29NO5/c1-16(6-7-17-8-11-19(26-2)12-9-17)24-22(25)13-10-18-14-20(27-3)23(29-5)21(15-18)28-4/h8-16H,6-7H2,1-5H3,(H,24,25)/b13-10+. The van der Waals surface area contributed by atoms with Crippen LogP contribution in [0.15, 0.2) is 42.5 Å². The molecule has 0 heterocycles. The highest BCUT2D eigenvalue weighted by molar-refractivity contribution is 5.92. The van der Waals surface area contributed by atoms with E-state index in [1.54, 1.807) is 46.6 Å². The number of methoxy groups -OCH3 is 4. The summed E-state index contributed by atoms with van der Waals surface area (Å²) in [7, 11) is 6.32. The summed E-state index contributed by atoms with van der Waals surface area (Å²) >= 11 is 0. The van der Waals surface area contributed by atoms with Crippen LogP contribution in [0.25, 0.3) is 6.08 Å². The van der Waals surface area contributed by atoms with Crippen LogP contribution in [0.5, 0.6) is 23.0 Å². The Morgan fingerprint density at radius 2 is 1.59 bits per heavy atom. The summed E-state index contributed by atoms with van der Waals surface area (Å²) in [5, 5.41) is 2.99. The Kier molecular flexibility index (Phi) is 8.40. The topological polar surface area (TPSA) is 66.0 Å². The number of hydrogen-bond donors (Lipinski definition) is 1. The summed E-state index contributed by atoms with van der Waals surface area (Å²) < 4.78 is 21.1. The molecule has 29 heavy (non-hydrogen) atoms. The number of ether oxygens (including phenoxy) is 4. The largest absolute Gasteiger partial charge is 0.497 e. The van der Waals surface area contributed by atoms with E-state index in [1.807, 2.05) is 31.2 Å². The van der Waals surface area contributed by atoms with Gasteiger partial charge in [-0.2, -0.15) is 0 Å². The predicted molar refractivity (Wildman–Crippen MR) is 114 cm³/mol. The van der Waals surface area contributed by atoms with Crippen molar-refractivity contribution in [3.05, 3.63) is 53.6 Å². The normalized spacial score (nSPS) is 11.8. The SMILES string of the molecule is COc1ccc(CCC(C)NC(=O)/C=C/c2cc(OC)c(OC)c(OC)c2)cc1. The zero-order chi connectivity index (χ0) is 21.2. The molecule has 6 heteroatoms. The number of amides is 1. The first-order chi connectivity index (χ1) is 14.0. The molecule has 1 unspecified atom stereocenters. The lowest BCUT2D eigenvalue weighted by Crippen LogP contribution is -2.31. The van der Waals surface area contributed by atoms with Crippen LogP contribution < -0.4 is 24.3 Å². The van der Waals surface area contributed by atoms with Crippen molar-refractivity contribution in [2.24, 2.45) is 0 Å². The van der Waals surface area contributed by atoms with Gasteiger partial charge in [0.1, 0.15) is 5.75 Å². The average molecular weight is 399 g/mol. The molecular formula is C23H29NO5. The maximum atomic E-state index is 12.3. The lowest BCUT2D eigenvalue weighted by atomic mass is 10.1. The van der Waals surface area contributed by atoms with Gasteiger partial charge in [-0.1, -0.05) is 12.1 Å². The van der Waals surface area contributed by atoms with Crippen LogP contribution in [0.3, 0.4) is 0 Å². The van der Waals surface area contributed by atoms with Crippen molar-refractivity contribution in [2.75, 3.05) is 28.4 Å². The molecule has 2 rings (SSSR count). The lowest BCUT2D eigenvalue weighted by Gasteiger charge is -2.13. The molecule has 2 aromatic rings. The van der Waals surface area contributed by atoms with E-state index in [0.29, 0.717) is 17.2 Å². The number of hydrogen-bond acceptors (Lipinski definition) is 5. The van der Waals surface area contributed by atoms with Gasteiger partial charge in [-0.25, -0.2) is 0 Å². The van der Waals surface area contributed by atoms with E-state index in [-0.39, 0.29) is 11.9 Å². The second-order valence-electron chi connectivity index (χ2n) is 6.59. The Morgan fingerprint density at radius 1 is 0.966 bits per heavy atom. The summed E-state index contributed by atoms with van der Waals surface area (Å²) in [6, 6.07) is 11.6. The van der Waals surface area contributed by atoms with E-state index in [2.05, 4.69) is 5.32 Å². The molecule has 1 N–H and O–H groups in total. The molecule has 0 saturated carbocycles. The van der Waals surface area contributed by atoms with Crippen molar-refractivity contribution in [1.82, 2.24) is 5.32 Å². The second kappa shape index (κ2) is 11.0. The summed E-state index contributed by atoms with van der Waals surface area (Å²) in [4.78, 5) is 12.3. The van der Waals surface area contributed by atoms with Gasteiger partial charge >= 0.3 is 0 Å². The number of carbonyl (C=O) groups excluding carboxylic acids is 1. The van der Waals surface area contributed by atoms with Gasteiger partial charge in [-0.3, -0.25) is 4.79 Å². The van der Waals surface area contributed by atoms with Crippen LogP contribution in [0.2, 0.25) is 0 Å². The average Bonchev–Trinajstić information content (AvgIpc) is 2.75. The summed E-state index contributed by atoms with van der Waals surface area (Å²) in [6.45, 7) is 1.99. The van der Waals surface area contributed by atoms with Gasteiger partial charge in [-0.15, -0.1) is 0 Å². The third-order valence-electron chi connectivity index (χ3n) is 4.53. The van der Waals surface area contributed by atoms with Crippen LogP contribution in [-0.4, -0.2) is 40.4 Å². The van der Waals surface area contributed by atoms with Gasteiger partial charge in [0.05, 0.1) is 28.4 Å². The molecule has 0 spiro atoms. The van der Waals surface area contributed by atoms with Crippen LogP contribution in [0.1, 0.15) is 24.5 Å². The van der Waals surface area contributed by atoms with E-state index in [1.165, 1.54) is 11.6 Å². The highest BCUT2D eigenvalue weighted by Gasteiger charge is 2.12. The first kappa shape index (κ1) is 22.1. The molecule has 1 amide bonds. The van der Waals surface area contributed by atoms with Crippen molar-refractivity contribution in [2.45, 2.75) is 25.8 Å². The number of aryl methyl sites for hydroxylation is 1. The molecule has 0 aliphatic heterocycles. The van der Waals surface area contributed by atoms with Crippen LogP contribution in [-0.2, 0) is 11.2 Å². The Morgan fingerprint density at radius 3 is 2.10 bits per heavy atom. The van der Waals surface area contributed by atoms with Gasteiger partial charge < -0.3 is 24.3 Å². The molecule has 6 nitrogen and oxygen atoms in total. The van der Waals surface area contributed by atoms with Crippen molar-refractivity contribution in [1.29, 1.82) is 0 Å². The zero-order valence-electron chi connectivity index (χ0n) is 17.7. The fraction of sp³-hybridized carbons (Fsp3) is 0.348. The van der Waals surface area contributed by atoms with E-state index in [4.69, 9.17) is 18.9 Å². The number of nitrogens with one attached hydrogen (secondary N) is 1. The third kappa shape index (κ3) is 6.45. The minimum Gasteiger partial charge on any atom is -0.497 e. The Bertz CT molecular complexity index is 805. The molecule has 0 aliphatic rings. The van der Waals surface area contributed by atoms with E-state index in [9.17, 15) is 4.79 Å². The lowest BCUT2D eigenvalue weighted by molar-refractivity contribution is -0.117. The molecule has 2 aromatic carbocycles. The quantitative estimate of drug-likeness (QED) is 0.615. The summed E-state index contributed by atoms with van der Waals surface area (Å²) in [6.07, 6.45) is 4.94. The maximum Gasteiger partial charge on any atom is 0.244 e. The number of carbonyl (C=O) groups is 1. The monoisotopic (exact) mass is 399 g/mol. The smallest absolute Gasteiger partial charge is 0.244 e. The molecule has 1 atom stereocenters. The number of benzene rings is 2. The first-order valence-corrected chi connectivity index (χ1v) is 9.42. The molecule has 0 aromatic heterocycles. The molecule has 0 saturated heterocycles. The highest BCUT2D eigenvalue weighted by Crippen LogP contribution is 2.38. The second-order valence-corrected chi connectivity index (χ2v) is 6.59. The van der Waals surface area contributed by atoms with E-state index < -0.39 is 0 Å². The predicted octanol–water partition coefficient (Wildman–Crippen LogP) is 3.87. The Balaban J connectivity index is 1.92. The van der Waals surface area contributed by atoms with E-state index in [0.717, 1.165) is 24.2 Å². The fourth-order valence-electron chi connectivity index (χ4n) is 2.91. The Labute approximate surface area is 172 Å². The molecular weight excluding hydrogens is 370 g/mol. The third-order valence-corrected chi connectivity index (χ3v) is 4.53. The van der Waals surface area contributed by atoms with Crippen molar-refractivity contribution < 1.29 is 23.7 Å².